The second kappa shape index (κ2) is 8.61. The number of hydrogen-bond donors (Lipinski definition) is 1. The average Bonchev–Trinajstić information content (AvgIpc) is 2.64. The van der Waals surface area contributed by atoms with E-state index in [1.807, 2.05) is 30.3 Å². The fourth-order valence-corrected chi connectivity index (χ4v) is 3.35. The number of unbranched alkanes of at least 4 members (excludes halogenated alkanes) is 4. The van der Waals surface area contributed by atoms with Crippen LogP contribution in [0.1, 0.15) is 55.3 Å². The van der Waals surface area contributed by atoms with Crippen molar-refractivity contribution in [3.8, 4) is 0 Å². The maximum absolute atomic E-state index is 12.5. The first kappa shape index (κ1) is 18.1. The first-order valence-corrected chi connectivity index (χ1v) is 9.31. The van der Waals surface area contributed by atoms with Crippen molar-refractivity contribution < 1.29 is 14.7 Å². The summed E-state index contributed by atoms with van der Waals surface area (Å²) in [6, 6.07) is 18.5. The summed E-state index contributed by atoms with van der Waals surface area (Å²) >= 11 is 0. The SMILES string of the molecule is O=C(O)CCCCCCCC(=O)c1ccc2cc3ccccc3cc2c1. The van der Waals surface area contributed by atoms with Crippen molar-refractivity contribution in [1.29, 1.82) is 0 Å². The molecule has 3 rings (SSSR count). The van der Waals surface area contributed by atoms with Gasteiger partial charge in [-0.25, -0.2) is 0 Å². The van der Waals surface area contributed by atoms with Gasteiger partial charge in [0.25, 0.3) is 0 Å². The number of hydrogen-bond acceptors (Lipinski definition) is 2. The monoisotopic (exact) mass is 348 g/mol. The molecule has 0 atom stereocenters. The number of carboxylic acid groups (broad SMARTS) is 1. The third-order valence-corrected chi connectivity index (χ3v) is 4.82. The molecule has 0 amide bonds. The van der Waals surface area contributed by atoms with Crippen LogP contribution in [-0.4, -0.2) is 16.9 Å². The third kappa shape index (κ3) is 4.69. The Morgan fingerprint density at radius 3 is 1.92 bits per heavy atom. The number of carbonyl (C=O) groups is 2. The molecule has 0 aromatic heterocycles. The highest BCUT2D eigenvalue weighted by Gasteiger charge is 2.07. The van der Waals surface area contributed by atoms with Crippen molar-refractivity contribution in [3.63, 3.8) is 0 Å². The maximum atomic E-state index is 12.5. The number of Topliss-reactive ketones (excluding diaryl/α,β-unsaturated/α-hetero) is 1. The zero-order valence-corrected chi connectivity index (χ0v) is 14.9. The molecular weight excluding hydrogens is 324 g/mol. The molecule has 0 bridgehead atoms. The summed E-state index contributed by atoms with van der Waals surface area (Å²) in [7, 11) is 0. The van der Waals surface area contributed by atoms with Crippen molar-refractivity contribution in [2.24, 2.45) is 0 Å². The van der Waals surface area contributed by atoms with Crippen LogP contribution in [0, 0.1) is 0 Å². The Labute approximate surface area is 153 Å². The van der Waals surface area contributed by atoms with Crippen molar-refractivity contribution >= 4 is 33.3 Å². The molecule has 0 saturated heterocycles. The minimum absolute atomic E-state index is 0.186. The lowest BCUT2D eigenvalue weighted by Gasteiger charge is -2.06. The molecule has 3 nitrogen and oxygen atoms in total. The number of rotatable bonds is 9. The van der Waals surface area contributed by atoms with Gasteiger partial charge in [0.05, 0.1) is 0 Å². The second-order valence-electron chi connectivity index (χ2n) is 6.85. The zero-order chi connectivity index (χ0) is 18.4. The van der Waals surface area contributed by atoms with Gasteiger partial charge in [-0.05, 0) is 52.6 Å². The molecule has 0 radical (unpaired) electrons. The standard InChI is InChI=1S/C23H24O3/c24-22(10-4-2-1-3-5-11-23(25)26)20-13-12-19-14-17-8-6-7-9-18(17)15-21(19)16-20/h6-9,12-16H,1-5,10-11H2,(H,25,26). The number of carbonyl (C=O) groups excluding carboxylic acids is 1. The Kier molecular flexibility index (Phi) is 6.00. The van der Waals surface area contributed by atoms with E-state index >= 15 is 0 Å². The predicted molar refractivity (Wildman–Crippen MR) is 106 cm³/mol. The molecule has 3 heteroatoms. The number of fused-ring (bicyclic) bond motifs is 2. The summed E-state index contributed by atoms with van der Waals surface area (Å²) in [6.45, 7) is 0. The quantitative estimate of drug-likeness (QED) is 0.293. The lowest BCUT2D eigenvalue weighted by molar-refractivity contribution is -0.137. The molecule has 0 aliphatic heterocycles. The van der Waals surface area contributed by atoms with E-state index in [2.05, 4.69) is 24.3 Å². The number of carboxylic acids is 1. The van der Waals surface area contributed by atoms with E-state index in [9.17, 15) is 9.59 Å². The van der Waals surface area contributed by atoms with Crippen LogP contribution in [0.2, 0.25) is 0 Å². The topological polar surface area (TPSA) is 54.4 Å². The largest absolute Gasteiger partial charge is 0.481 e. The van der Waals surface area contributed by atoms with E-state index < -0.39 is 5.97 Å². The van der Waals surface area contributed by atoms with Crippen LogP contribution in [0.3, 0.4) is 0 Å². The van der Waals surface area contributed by atoms with E-state index in [0.717, 1.165) is 48.4 Å². The van der Waals surface area contributed by atoms with Gasteiger partial charge in [0.2, 0.25) is 0 Å². The minimum Gasteiger partial charge on any atom is -0.481 e. The summed E-state index contributed by atoms with van der Waals surface area (Å²) < 4.78 is 0. The first-order chi connectivity index (χ1) is 12.6. The zero-order valence-electron chi connectivity index (χ0n) is 14.9. The Morgan fingerprint density at radius 1 is 0.654 bits per heavy atom. The highest BCUT2D eigenvalue weighted by molar-refractivity contribution is 6.03. The summed E-state index contributed by atoms with van der Waals surface area (Å²) in [5, 5.41) is 13.3. The van der Waals surface area contributed by atoms with Gasteiger partial charge in [-0.3, -0.25) is 9.59 Å². The van der Waals surface area contributed by atoms with Crippen LogP contribution < -0.4 is 0 Å². The number of benzene rings is 3. The number of ketones is 1. The van der Waals surface area contributed by atoms with Crippen LogP contribution in [0.4, 0.5) is 0 Å². The predicted octanol–water partition coefficient (Wildman–Crippen LogP) is 5.99. The van der Waals surface area contributed by atoms with E-state index in [4.69, 9.17) is 5.11 Å². The molecule has 3 aromatic carbocycles. The molecule has 26 heavy (non-hydrogen) atoms. The third-order valence-electron chi connectivity index (χ3n) is 4.82. The van der Waals surface area contributed by atoms with Crippen LogP contribution in [0.5, 0.6) is 0 Å². The van der Waals surface area contributed by atoms with E-state index in [-0.39, 0.29) is 12.2 Å². The Morgan fingerprint density at radius 2 is 1.23 bits per heavy atom. The van der Waals surface area contributed by atoms with Crippen LogP contribution in [0.15, 0.2) is 54.6 Å². The molecular formula is C23H24O3. The van der Waals surface area contributed by atoms with Gasteiger partial charge >= 0.3 is 5.97 Å². The Bertz CT molecular complexity index is 927. The molecule has 0 fully saturated rings. The highest BCUT2D eigenvalue weighted by atomic mass is 16.4. The van der Waals surface area contributed by atoms with Crippen molar-refractivity contribution in [2.45, 2.75) is 44.9 Å². The fourth-order valence-electron chi connectivity index (χ4n) is 3.35. The van der Waals surface area contributed by atoms with Crippen molar-refractivity contribution in [3.05, 3.63) is 60.2 Å². The molecule has 1 N–H and O–H groups in total. The normalized spacial score (nSPS) is 11.1. The van der Waals surface area contributed by atoms with Crippen molar-refractivity contribution in [1.82, 2.24) is 0 Å². The van der Waals surface area contributed by atoms with E-state index in [0.29, 0.717) is 6.42 Å². The van der Waals surface area contributed by atoms with Gasteiger partial charge in [-0.15, -0.1) is 0 Å². The van der Waals surface area contributed by atoms with Crippen LogP contribution in [0.25, 0.3) is 21.5 Å². The fraction of sp³-hybridized carbons (Fsp3) is 0.304. The minimum atomic E-state index is -0.732. The van der Waals surface area contributed by atoms with E-state index in [1.54, 1.807) is 0 Å². The first-order valence-electron chi connectivity index (χ1n) is 9.31. The second-order valence-corrected chi connectivity index (χ2v) is 6.85. The molecule has 0 unspecified atom stereocenters. The molecule has 0 heterocycles. The lowest BCUT2D eigenvalue weighted by Crippen LogP contribution is -1.99. The molecule has 134 valence electrons. The number of aliphatic carboxylic acids is 1. The van der Waals surface area contributed by atoms with Crippen LogP contribution >= 0.6 is 0 Å². The Hall–Kier alpha value is -2.68. The summed E-state index contributed by atoms with van der Waals surface area (Å²) in [4.78, 5) is 22.9. The van der Waals surface area contributed by atoms with Gasteiger partial charge in [0, 0.05) is 18.4 Å². The molecule has 0 aliphatic carbocycles. The average molecular weight is 348 g/mol. The molecule has 0 spiro atoms. The molecule has 0 aliphatic rings. The van der Waals surface area contributed by atoms with Crippen LogP contribution in [-0.2, 0) is 4.79 Å². The highest BCUT2D eigenvalue weighted by Crippen LogP contribution is 2.24. The summed E-state index contributed by atoms with van der Waals surface area (Å²) in [5.41, 5.74) is 0.777. The van der Waals surface area contributed by atoms with Gasteiger partial charge in [0.1, 0.15) is 0 Å². The Balaban J connectivity index is 1.56. The van der Waals surface area contributed by atoms with Gasteiger partial charge in [-0.2, -0.15) is 0 Å². The van der Waals surface area contributed by atoms with Crippen molar-refractivity contribution in [2.75, 3.05) is 0 Å². The summed E-state index contributed by atoms with van der Waals surface area (Å²) in [5.74, 6) is -0.546. The van der Waals surface area contributed by atoms with Gasteiger partial charge < -0.3 is 5.11 Å². The smallest absolute Gasteiger partial charge is 0.303 e. The molecule has 3 aromatic rings. The van der Waals surface area contributed by atoms with Gasteiger partial charge in [-0.1, -0.05) is 55.7 Å². The van der Waals surface area contributed by atoms with Gasteiger partial charge in [0.15, 0.2) is 5.78 Å². The molecule has 0 saturated carbocycles. The van der Waals surface area contributed by atoms with E-state index in [1.165, 1.54) is 10.8 Å². The summed E-state index contributed by atoms with van der Waals surface area (Å²) in [6.07, 6.45) is 5.27. The maximum Gasteiger partial charge on any atom is 0.303 e. The lowest BCUT2D eigenvalue weighted by atomic mass is 9.98.